The van der Waals surface area contributed by atoms with Crippen LogP contribution < -0.4 is 5.32 Å². The van der Waals surface area contributed by atoms with Crippen LogP contribution in [0.25, 0.3) is 22.4 Å². The van der Waals surface area contributed by atoms with Gasteiger partial charge in [0, 0.05) is 28.5 Å². The van der Waals surface area contributed by atoms with Crippen LogP contribution in [0.3, 0.4) is 0 Å². The Hall–Kier alpha value is -3.46. The minimum absolute atomic E-state index is 0.0178. The number of fused-ring (bicyclic) bond motifs is 1. The Morgan fingerprint density at radius 3 is 2.69 bits per heavy atom. The Balaban J connectivity index is 1.69. The first-order valence-electron chi connectivity index (χ1n) is 8.79. The molecule has 148 valence electrons. The van der Waals surface area contributed by atoms with Gasteiger partial charge in [-0.3, -0.25) is 9.89 Å². The van der Waals surface area contributed by atoms with Crippen LogP contribution in [-0.4, -0.2) is 35.8 Å². The number of carbonyl (C=O) groups excluding carboxylic acids is 1. The van der Waals surface area contributed by atoms with Gasteiger partial charge in [-0.15, -0.1) is 0 Å². The largest absolute Gasteiger partial charge is 0.451 e. The number of nitrogens with one attached hydrogen (secondary N) is 2. The maximum absolute atomic E-state index is 12.9. The van der Waals surface area contributed by atoms with Crippen molar-refractivity contribution in [1.82, 2.24) is 15.2 Å². The van der Waals surface area contributed by atoms with E-state index in [-0.39, 0.29) is 11.5 Å². The Kier molecular flexibility index (Phi) is 4.67. The molecule has 9 heteroatoms. The van der Waals surface area contributed by atoms with Gasteiger partial charge in [0.1, 0.15) is 11.4 Å². The fraction of sp³-hybridized carbons (Fsp3) is 0.150. The van der Waals surface area contributed by atoms with Gasteiger partial charge in [-0.2, -0.15) is 5.10 Å². The highest BCUT2D eigenvalue weighted by Crippen LogP contribution is 2.28. The summed E-state index contributed by atoms with van der Waals surface area (Å²) in [6.45, 7) is 1.80. The Morgan fingerprint density at radius 1 is 1.17 bits per heavy atom. The van der Waals surface area contributed by atoms with Crippen molar-refractivity contribution in [2.45, 2.75) is 12.7 Å². The third kappa shape index (κ3) is 4.04. The molecule has 0 saturated heterocycles. The zero-order valence-corrected chi connectivity index (χ0v) is 16.6. The Bertz CT molecular complexity index is 1320. The van der Waals surface area contributed by atoms with Gasteiger partial charge in [0.05, 0.1) is 5.75 Å². The summed E-state index contributed by atoms with van der Waals surface area (Å²) in [6.07, 6.45) is 1.12. The molecular formula is C20H18N4O4S. The average Bonchev–Trinajstić information content (AvgIpc) is 3.25. The first kappa shape index (κ1) is 18.9. The lowest BCUT2D eigenvalue weighted by Gasteiger charge is -2.06. The first-order valence-corrected chi connectivity index (χ1v) is 10.8. The molecule has 1 amide bonds. The SMILES string of the molecule is Cc1nc(-c2cccc(NC(=O)c3oc4ccccc4c3CS(C)(=O)=O)c2)n[nH]1. The lowest BCUT2D eigenvalue weighted by Crippen LogP contribution is -2.14. The van der Waals surface area contributed by atoms with Crippen LogP contribution in [-0.2, 0) is 15.6 Å². The highest BCUT2D eigenvalue weighted by atomic mass is 32.2. The van der Waals surface area contributed by atoms with Crippen molar-refractivity contribution in [3.8, 4) is 11.4 Å². The van der Waals surface area contributed by atoms with Crippen molar-refractivity contribution in [2.24, 2.45) is 0 Å². The van der Waals surface area contributed by atoms with Crippen molar-refractivity contribution < 1.29 is 17.6 Å². The number of aromatic nitrogens is 3. The molecule has 0 radical (unpaired) electrons. The van der Waals surface area contributed by atoms with Crippen molar-refractivity contribution in [3.05, 3.63) is 65.7 Å². The summed E-state index contributed by atoms with van der Waals surface area (Å²) in [5.74, 6) is 0.365. The fourth-order valence-corrected chi connectivity index (χ4v) is 3.89. The van der Waals surface area contributed by atoms with Gasteiger partial charge < -0.3 is 9.73 Å². The molecule has 2 heterocycles. The van der Waals surface area contributed by atoms with Crippen molar-refractivity contribution >= 4 is 32.4 Å². The number of hydrogen-bond acceptors (Lipinski definition) is 6. The van der Waals surface area contributed by atoms with Crippen LogP contribution in [0, 0.1) is 6.92 Å². The summed E-state index contributed by atoms with van der Waals surface area (Å²) in [5.41, 5.74) is 2.05. The molecule has 2 aromatic heterocycles. The molecule has 0 saturated carbocycles. The van der Waals surface area contributed by atoms with E-state index in [9.17, 15) is 13.2 Å². The fourth-order valence-electron chi connectivity index (χ4n) is 3.08. The number of para-hydroxylation sites is 1. The maximum Gasteiger partial charge on any atom is 0.291 e. The molecule has 0 atom stereocenters. The standard InChI is InChI=1S/C20H18N4O4S/c1-12-21-19(24-23-12)13-6-5-7-14(10-13)22-20(25)18-16(11-29(2,26)27)15-8-3-4-9-17(15)28-18/h3-10H,11H2,1-2H3,(H,22,25)(H,21,23,24). The number of sulfone groups is 1. The van der Waals surface area contributed by atoms with Crippen molar-refractivity contribution in [3.63, 3.8) is 0 Å². The Labute approximate surface area is 166 Å². The molecule has 29 heavy (non-hydrogen) atoms. The van der Waals surface area contributed by atoms with E-state index < -0.39 is 15.7 Å². The second-order valence-electron chi connectivity index (χ2n) is 6.76. The van der Waals surface area contributed by atoms with E-state index in [1.807, 2.05) is 6.07 Å². The molecule has 0 aliphatic rings. The zero-order chi connectivity index (χ0) is 20.6. The number of nitrogens with zero attached hydrogens (tertiary/aromatic N) is 2. The number of H-pyrrole nitrogens is 1. The van der Waals surface area contributed by atoms with Crippen LogP contribution in [0.4, 0.5) is 5.69 Å². The van der Waals surface area contributed by atoms with E-state index in [4.69, 9.17) is 4.42 Å². The molecule has 0 unspecified atom stereocenters. The number of amides is 1. The smallest absolute Gasteiger partial charge is 0.291 e. The van der Waals surface area contributed by atoms with Gasteiger partial charge in [0.15, 0.2) is 21.4 Å². The summed E-state index contributed by atoms with van der Waals surface area (Å²) in [4.78, 5) is 17.2. The maximum atomic E-state index is 12.9. The number of aryl methyl sites for hydroxylation is 1. The molecule has 0 bridgehead atoms. The molecule has 4 aromatic rings. The van der Waals surface area contributed by atoms with Crippen molar-refractivity contribution in [2.75, 3.05) is 11.6 Å². The third-order valence-electron chi connectivity index (χ3n) is 4.29. The normalized spacial score (nSPS) is 11.7. The third-order valence-corrected chi connectivity index (χ3v) is 5.10. The van der Waals surface area contributed by atoms with E-state index in [2.05, 4.69) is 20.5 Å². The minimum Gasteiger partial charge on any atom is -0.451 e. The second-order valence-corrected chi connectivity index (χ2v) is 8.90. The monoisotopic (exact) mass is 410 g/mol. The molecule has 4 rings (SSSR count). The number of aromatic amines is 1. The number of hydrogen-bond donors (Lipinski definition) is 2. The van der Waals surface area contributed by atoms with Crippen LogP contribution in [0.5, 0.6) is 0 Å². The van der Waals surface area contributed by atoms with Crippen LogP contribution in [0.1, 0.15) is 21.9 Å². The number of benzene rings is 2. The molecule has 8 nitrogen and oxygen atoms in total. The number of carbonyl (C=O) groups is 1. The van der Waals surface area contributed by atoms with Gasteiger partial charge in [-0.1, -0.05) is 30.3 Å². The zero-order valence-electron chi connectivity index (χ0n) is 15.8. The topological polar surface area (TPSA) is 118 Å². The quantitative estimate of drug-likeness (QED) is 0.521. The number of rotatable bonds is 5. The number of furan rings is 1. The molecule has 0 aliphatic heterocycles. The summed E-state index contributed by atoms with van der Waals surface area (Å²) in [5, 5.41) is 10.3. The Morgan fingerprint density at radius 2 is 1.97 bits per heavy atom. The van der Waals surface area contributed by atoms with E-state index in [0.717, 1.165) is 11.8 Å². The molecule has 2 N–H and O–H groups in total. The summed E-state index contributed by atoms with van der Waals surface area (Å²) in [7, 11) is -3.37. The van der Waals surface area contributed by atoms with Gasteiger partial charge in [-0.25, -0.2) is 13.4 Å². The van der Waals surface area contributed by atoms with Gasteiger partial charge in [-0.05, 0) is 25.1 Å². The molecule has 0 spiro atoms. The highest BCUT2D eigenvalue weighted by Gasteiger charge is 2.23. The molecule has 0 aliphatic carbocycles. The summed E-state index contributed by atoms with van der Waals surface area (Å²) < 4.78 is 29.5. The lowest BCUT2D eigenvalue weighted by atomic mass is 10.1. The first-order chi connectivity index (χ1) is 13.8. The highest BCUT2D eigenvalue weighted by molar-refractivity contribution is 7.89. The minimum atomic E-state index is -3.37. The van der Waals surface area contributed by atoms with Gasteiger partial charge in [0.2, 0.25) is 0 Å². The molecular weight excluding hydrogens is 392 g/mol. The van der Waals surface area contributed by atoms with E-state index in [1.54, 1.807) is 49.4 Å². The summed E-state index contributed by atoms with van der Waals surface area (Å²) >= 11 is 0. The molecule has 2 aromatic carbocycles. The van der Waals surface area contributed by atoms with Crippen LogP contribution in [0.2, 0.25) is 0 Å². The van der Waals surface area contributed by atoms with E-state index in [0.29, 0.717) is 33.9 Å². The van der Waals surface area contributed by atoms with E-state index >= 15 is 0 Å². The summed E-state index contributed by atoms with van der Waals surface area (Å²) in [6, 6.07) is 14.0. The predicted molar refractivity (Wildman–Crippen MR) is 109 cm³/mol. The van der Waals surface area contributed by atoms with Gasteiger partial charge in [0.25, 0.3) is 5.91 Å². The molecule has 0 fully saturated rings. The second kappa shape index (κ2) is 7.17. The average molecular weight is 410 g/mol. The van der Waals surface area contributed by atoms with Crippen LogP contribution >= 0.6 is 0 Å². The lowest BCUT2D eigenvalue weighted by molar-refractivity contribution is 0.0998. The van der Waals surface area contributed by atoms with Gasteiger partial charge >= 0.3 is 0 Å². The van der Waals surface area contributed by atoms with Crippen molar-refractivity contribution in [1.29, 1.82) is 0 Å². The predicted octanol–water partition coefficient (Wildman–Crippen LogP) is 3.32. The van der Waals surface area contributed by atoms with E-state index in [1.165, 1.54) is 0 Å². The van der Waals surface area contributed by atoms with Crippen LogP contribution in [0.15, 0.2) is 52.9 Å². The number of anilines is 1.